The Morgan fingerprint density at radius 1 is 1.09 bits per heavy atom. The van der Waals surface area contributed by atoms with E-state index in [-0.39, 0.29) is 0 Å². The number of H-pyrrole nitrogens is 1. The lowest BCUT2D eigenvalue weighted by molar-refractivity contribution is -0.608. The van der Waals surface area contributed by atoms with Crippen LogP contribution in [-0.4, -0.2) is 23.5 Å². The van der Waals surface area contributed by atoms with Crippen molar-refractivity contribution in [2.45, 2.75) is 26.3 Å². The van der Waals surface area contributed by atoms with E-state index in [1.807, 2.05) is 6.07 Å². The van der Waals surface area contributed by atoms with Crippen LogP contribution in [0.4, 0.5) is 13.2 Å². The fourth-order valence-corrected chi connectivity index (χ4v) is 1.80. The highest BCUT2D eigenvalue weighted by Gasteiger charge is 2.36. The molecule has 0 radical (unpaired) electrons. The van der Waals surface area contributed by atoms with Crippen molar-refractivity contribution in [1.29, 1.82) is 0 Å². The van der Waals surface area contributed by atoms with Crippen LogP contribution < -0.4 is 4.57 Å². The van der Waals surface area contributed by atoms with E-state index in [1.54, 1.807) is 0 Å². The molecular formula is C13H15F3N2O3S. The molecule has 22 heavy (non-hydrogen) atoms. The third-order valence-corrected chi connectivity index (χ3v) is 3.45. The van der Waals surface area contributed by atoms with E-state index in [0.29, 0.717) is 0 Å². The van der Waals surface area contributed by atoms with E-state index in [4.69, 9.17) is 13.0 Å². The van der Waals surface area contributed by atoms with Gasteiger partial charge in [-0.05, 0) is 12.1 Å². The predicted molar refractivity (Wildman–Crippen MR) is 72.3 cm³/mol. The predicted octanol–water partition coefficient (Wildman–Crippen LogP) is 2.27. The van der Waals surface area contributed by atoms with Crippen LogP contribution in [0, 0.1) is 20.8 Å². The first kappa shape index (κ1) is 18.2. The van der Waals surface area contributed by atoms with Crippen molar-refractivity contribution in [3.63, 3.8) is 0 Å². The fourth-order valence-electron chi connectivity index (χ4n) is 1.80. The quantitative estimate of drug-likeness (QED) is 0.493. The molecule has 2 aromatic rings. The van der Waals surface area contributed by atoms with Gasteiger partial charge < -0.3 is 4.55 Å². The van der Waals surface area contributed by atoms with Gasteiger partial charge >= 0.3 is 5.51 Å². The van der Waals surface area contributed by atoms with E-state index in [0.717, 1.165) is 0 Å². The maximum Gasteiger partial charge on any atom is 0.485 e. The Balaban J connectivity index is 0.000000261. The number of aromatic nitrogens is 2. The second-order valence-corrected chi connectivity index (χ2v) is 5.86. The number of hydrogen-bond donors (Lipinski definition) is 1. The van der Waals surface area contributed by atoms with E-state index < -0.39 is 15.6 Å². The van der Waals surface area contributed by atoms with Gasteiger partial charge in [0.2, 0.25) is 0 Å². The van der Waals surface area contributed by atoms with Gasteiger partial charge in [-0.2, -0.15) is 17.7 Å². The number of aromatic amines is 1. The molecule has 0 fully saturated rings. The third-order valence-electron chi connectivity index (χ3n) is 2.88. The molecule has 0 saturated heterocycles. The molecule has 0 bridgehead atoms. The number of halogens is 3. The zero-order valence-electron chi connectivity index (χ0n) is 12.1. The molecule has 1 heterocycles. The smallest absolute Gasteiger partial charge is 0.485 e. The molecule has 9 heteroatoms. The average molecular weight is 336 g/mol. The van der Waals surface area contributed by atoms with Gasteiger partial charge in [-0.25, -0.2) is 13.4 Å². The monoisotopic (exact) mass is 336 g/mol. The molecule has 0 spiro atoms. The molecule has 0 unspecified atom stereocenters. The molecule has 0 aliphatic rings. The van der Waals surface area contributed by atoms with Gasteiger partial charge in [0.05, 0.1) is 0 Å². The first-order chi connectivity index (χ1) is 9.95. The molecular weight excluding hydrogens is 321 g/mol. The zero-order chi connectivity index (χ0) is 17.1. The molecule has 0 aliphatic carbocycles. The van der Waals surface area contributed by atoms with Gasteiger partial charge in [0.25, 0.3) is 5.82 Å². The van der Waals surface area contributed by atoms with Crippen LogP contribution in [0.15, 0.2) is 30.3 Å². The normalized spacial score (nSPS) is 11.8. The van der Waals surface area contributed by atoms with Crippen molar-refractivity contribution in [1.82, 2.24) is 4.98 Å². The molecule has 0 amide bonds. The summed E-state index contributed by atoms with van der Waals surface area (Å²) < 4.78 is 61.1. The first-order valence-electron chi connectivity index (χ1n) is 6.10. The number of alkyl halides is 3. The van der Waals surface area contributed by atoms with E-state index in [9.17, 15) is 13.2 Å². The van der Waals surface area contributed by atoms with Crippen LogP contribution in [0.25, 0.3) is 5.69 Å². The lowest BCUT2D eigenvalue weighted by Gasteiger charge is -2.08. The Hall–Kier alpha value is -1.87. The lowest BCUT2D eigenvalue weighted by atomic mass is 10.3. The molecule has 1 aromatic heterocycles. The number of imidazole rings is 1. The van der Waals surface area contributed by atoms with Crippen LogP contribution in [0.1, 0.15) is 17.2 Å². The second-order valence-electron chi connectivity index (χ2n) is 4.49. The Labute approximate surface area is 126 Å². The van der Waals surface area contributed by atoms with Gasteiger partial charge in [0.1, 0.15) is 17.1 Å². The van der Waals surface area contributed by atoms with Crippen LogP contribution in [-0.2, 0) is 10.1 Å². The van der Waals surface area contributed by atoms with Crippen molar-refractivity contribution in [3.05, 3.63) is 47.5 Å². The van der Waals surface area contributed by atoms with E-state index >= 15 is 0 Å². The summed E-state index contributed by atoms with van der Waals surface area (Å²) in [5, 5.41) is 0. The lowest BCUT2D eigenvalue weighted by Crippen LogP contribution is -2.34. The summed E-state index contributed by atoms with van der Waals surface area (Å²) in [7, 11) is -6.09. The molecule has 5 nitrogen and oxygen atoms in total. The maximum atomic E-state index is 10.7. The molecule has 0 saturated carbocycles. The van der Waals surface area contributed by atoms with Crippen molar-refractivity contribution in [3.8, 4) is 5.69 Å². The Morgan fingerprint density at radius 2 is 1.55 bits per heavy atom. The number of hydrogen-bond acceptors (Lipinski definition) is 3. The maximum absolute atomic E-state index is 10.7. The van der Waals surface area contributed by atoms with E-state index in [2.05, 4.69) is 54.6 Å². The van der Waals surface area contributed by atoms with Crippen LogP contribution in [0.5, 0.6) is 0 Å². The molecule has 2 rings (SSSR count). The minimum absolute atomic E-state index is 1.17. The van der Waals surface area contributed by atoms with Crippen molar-refractivity contribution >= 4 is 10.1 Å². The highest BCUT2D eigenvalue weighted by Crippen LogP contribution is 2.20. The SMILES string of the molecule is Cc1[nH]c(C)[n+](-c2ccccc2)c1C.O=S(=O)([O-])C(F)(F)F. The number of nitrogens with zero attached hydrogens (tertiary/aromatic N) is 1. The number of benzene rings is 1. The summed E-state index contributed by atoms with van der Waals surface area (Å²) in [5.41, 5.74) is -1.93. The van der Waals surface area contributed by atoms with Crippen molar-refractivity contribution in [2.75, 3.05) is 0 Å². The number of para-hydroxylation sites is 1. The van der Waals surface area contributed by atoms with Crippen molar-refractivity contribution in [2.24, 2.45) is 0 Å². The van der Waals surface area contributed by atoms with Crippen molar-refractivity contribution < 1.29 is 30.7 Å². The van der Waals surface area contributed by atoms with Gasteiger partial charge in [-0.15, -0.1) is 0 Å². The van der Waals surface area contributed by atoms with Gasteiger partial charge in [0.15, 0.2) is 10.1 Å². The molecule has 0 atom stereocenters. The second kappa shape index (κ2) is 6.49. The van der Waals surface area contributed by atoms with Gasteiger partial charge in [-0.1, -0.05) is 18.2 Å². The van der Waals surface area contributed by atoms with E-state index in [1.165, 1.54) is 22.9 Å². The van der Waals surface area contributed by atoms with Crippen LogP contribution >= 0.6 is 0 Å². The summed E-state index contributed by atoms with van der Waals surface area (Å²) in [4.78, 5) is 3.34. The minimum Gasteiger partial charge on any atom is -0.741 e. The van der Waals surface area contributed by atoms with Crippen LogP contribution in [0.2, 0.25) is 0 Å². The number of aryl methyl sites for hydroxylation is 2. The third kappa shape index (κ3) is 4.31. The summed E-state index contributed by atoms with van der Waals surface area (Å²) in [6.45, 7) is 6.32. The fraction of sp³-hybridized carbons (Fsp3) is 0.308. The summed E-state index contributed by atoms with van der Waals surface area (Å²) in [6.07, 6.45) is 0. The summed E-state index contributed by atoms with van der Waals surface area (Å²) in [6, 6.07) is 10.4. The Morgan fingerprint density at radius 3 is 1.86 bits per heavy atom. The summed E-state index contributed by atoms with van der Waals surface area (Å²) >= 11 is 0. The molecule has 122 valence electrons. The number of nitrogens with one attached hydrogen (secondary N) is 1. The standard InChI is InChI=1S/C12H14N2.CHF3O3S/c1-9-10(2)14(11(3)13-9)12-7-5-4-6-8-12;2-1(3,4)8(5,6)7/h4-8H,1-3H3;(H,5,6,7). The van der Waals surface area contributed by atoms with Gasteiger partial charge in [-0.3, -0.25) is 0 Å². The topological polar surface area (TPSA) is 76.9 Å². The van der Waals surface area contributed by atoms with Crippen LogP contribution in [0.3, 0.4) is 0 Å². The Kier molecular flexibility index (Phi) is 5.36. The molecule has 1 N–H and O–H groups in total. The summed E-state index contributed by atoms with van der Waals surface area (Å²) in [5.74, 6) is 1.17. The van der Waals surface area contributed by atoms with Gasteiger partial charge in [0, 0.05) is 20.8 Å². The minimum atomic E-state index is -6.09. The molecule has 0 aliphatic heterocycles. The average Bonchev–Trinajstić information content (AvgIpc) is 2.62. The molecule has 1 aromatic carbocycles. The Bertz CT molecular complexity index is 738. The highest BCUT2D eigenvalue weighted by atomic mass is 32.2. The number of rotatable bonds is 1. The zero-order valence-corrected chi connectivity index (χ0v) is 12.9. The first-order valence-corrected chi connectivity index (χ1v) is 7.51. The largest absolute Gasteiger partial charge is 0.741 e. The highest BCUT2D eigenvalue weighted by molar-refractivity contribution is 7.86.